The molecule has 0 bridgehead atoms. The zero-order chi connectivity index (χ0) is 29.2. The summed E-state index contributed by atoms with van der Waals surface area (Å²) in [6.07, 6.45) is -9.54. The van der Waals surface area contributed by atoms with Gasteiger partial charge in [0.05, 0.1) is 0 Å². The molecule has 3 aromatic carbocycles. The Morgan fingerprint density at radius 1 is 0.875 bits per heavy atom. The van der Waals surface area contributed by atoms with Crippen LogP contribution in [0.1, 0.15) is 46.7 Å². The second-order valence-corrected chi connectivity index (χ2v) is 10.2. The lowest BCUT2D eigenvalue weighted by Crippen LogP contribution is -2.51. The molecule has 1 amide bonds. The molecule has 4 unspecified atom stereocenters. The van der Waals surface area contributed by atoms with Gasteiger partial charge < -0.3 is 4.90 Å². The molecule has 10 heteroatoms. The lowest BCUT2D eigenvalue weighted by molar-refractivity contribution is -0.197. The minimum Gasteiger partial charge on any atom is -0.330 e. The number of aryl methyl sites for hydroxylation is 1. The van der Waals surface area contributed by atoms with Crippen LogP contribution >= 0.6 is 0 Å². The highest BCUT2D eigenvalue weighted by Crippen LogP contribution is 2.45. The third-order valence-electron chi connectivity index (χ3n) is 7.54. The summed E-state index contributed by atoms with van der Waals surface area (Å²) in [7, 11) is 1.07. The normalized spacial score (nSPS) is 20.1. The van der Waals surface area contributed by atoms with Crippen molar-refractivity contribution in [2.24, 2.45) is 5.92 Å². The summed E-state index contributed by atoms with van der Waals surface area (Å²) in [5, 5.41) is 0. The monoisotopic (exact) mass is 566 g/mol. The van der Waals surface area contributed by atoms with Gasteiger partial charge in [-0.15, -0.1) is 0 Å². The highest BCUT2D eigenvalue weighted by atomic mass is 19.4. The molecule has 4 atom stereocenters. The first-order valence-electron chi connectivity index (χ1n) is 12.8. The zero-order valence-electron chi connectivity index (χ0n) is 21.9. The molecular weight excluding hydrogens is 537 g/mol. The number of hydrogen-bond acceptors (Lipinski definition) is 2. The van der Waals surface area contributed by atoms with Crippen LogP contribution in [0.3, 0.4) is 0 Å². The van der Waals surface area contributed by atoms with Crippen LogP contribution in [-0.2, 0) is 4.79 Å². The summed E-state index contributed by atoms with van der Waals surface area (Å²) in [6.45, 7) is 1.16. The van der Waals surface area contributed by atoms with Crippen LogP contribution in [0, 0.1) is 18.7 Å². The average Bonchev–Trinajstić information content (AvgIpc) is 2.88. The number of carbonyl (C=O) groups excluding carboxylic acids is 1. The molecule has 0 saturated carbocycles. The zero-order valence-corrected chi connectivity index (χ0v) is 21.9. The summed E-state index contributed by atoms with van der Waals surface area (Å²) < 4.78 is 99.7. The van der Waals surface area contributed by atoms with E-state index in [0.717, 1.165) is 13.1 Å². The summed E-state index contributed by atoms with van der Waals surface area (Å²) in [6, 6.07) is 13.9. The smallest absolute Gasteiger partial charge is 0.330 e. The van der Waals surface area contributed by atoms with E-state index in [1.165, 1.54) is 65.6 Å². The summed E-state index contributed by atoms with van der Waals surface area (Å²) in [5.74, 6) is -3.35. The Balaban J connectivity index is 1.73. The first kappa shape index (κ1) is 29.6. The maximum Gasteiger partial charge on any atom is 0.413 e. The molecule has 1 saturated heterocycles. The number of alkyl halides is 6. The van der Waals surface area contributed by atoms with Crippen LogP contribution < -0.4 is 0 Å². The summed E-state index contributed by atoms with van der Waals surface area (Å²) in [4.78, 5) is 15.6. The highest BCUT2D eigenvalue weighted by molar-refractivity contribution is 5.80. The van der Waals surface area contributed by atoms with Gasteiger partial charge in [-0.05, 0) is 54.3 Å². The first-order chi connectivity index (χ1) is 18.8. The number of piperidine rings is 1. The van der Waals surface area contributed by atoms with Crippen LogP contribution in [0.25, 0.3) is 0 Å². The predicted molar refractivity (Wildman–Crippen MR) is 137 cm³/mol. The molecule has 3 aromatic rings. The number of carbonyl (C=O) groups is 1. The van der Waals surface area contributed by atoms with E-state index in [-0.39, 0.29) is 30.6 Å². The Bertz CT molecular complexity index is 1290. The highest BCUT2D eigenvalue weighted by Gasteiger charge is 2.51. The molecule has 1 aliphatic heterocycles. The lowest BCUT2D eigenvalue weighted by atomic mass is 9.77. The molecule has 0 N–H and O–H groups in total. The van der Waals surface area contributed by atoms with Gasteiger partial charge in [-0.2, -0.15) is 26.3 Å². The third-order valence-corrected chi connectivity index (χ3v) is 7.54. The molecule has 1 aliphatic rings. The van der Waals surface area contributed by atoms with E-state index in [1.807, 2.05) is 0 Å². The van der Waals surface area contributed by atoms with Crippen LogP contribution in [0.2, 0.25) is 0 Å². The summed E-state index contributed by atoms with van der Waals surface area (Å²) >= 11 is 0. The molecule has 3 nitrogen and oxygen atoms in total. The van der Waals surface area contributed by atoms with Gasteiger partial charge in [-0.1, -0.05) is 66.7 Å². The largest absolute Gasteiger partial charge is 0.413 e. The maximum atomic E-state index is 14.4. The van der Waals surface area contributed by atoms with Gasteiger partial charge in [0.25, 0.3) is 0 Å². The second-order valence-electron chi connectivity index (χ2n) is 10.2. The number of amides is 1. The van der Waals surface area contributed by atoms with Gasteiger partial charge in [-0.25, -0.2) is 4.39 Å². The van der Waals surface area contributed by atoms with Gasteiger partial charge in [0.1, 0.15) is 11.9 Å². The number of benzene rings is 3. The maximum absolute atomic E-state index is 14.4. The van der Waals surface area contributed by atoms with Crippen LogP contribution in [0.4, 0.5) is 30.7 Å². The molecule has 214 valence electrons. The fourth-order valence-electron chi connectivity index (χ4n) is 5.78. The van der Waals surface area contributed by atoms with Crippen molar-refractivity contribution >= 4 is 5.91 Å². The van der Waals surface area contributed by atoms with Crippen LogP contribution in [0.5, 0.6) is 0 Å². The van der Waals surface area contributed by atoms with E-state index in [1.54, 1.807) is 19.1 Å². The molecule has 1 fully saturated rings. The molecule has 0 aliphatic carbocycles. The van der Waals surface area contributed by atoms with Crippen molar-refractivity contribution in [1.29, 1.82) is 0 Å². The van der Waals surface area contributed by atoms with Gasteiger partial charge in [0, 0.05) is 25.4 Å². The van der Waals surface area contributed by atoms with Crippen molar-refractivity contribution in [3.8, 4) is 0 Å². The van der Waals surface area contributed by atoms with E-state index >= 15 is 0 Å². The van der Waals surface area contributed by atoms with Crippen molar-refractivity contribution in [1.82, 2.24) is 9.80 Å². The topological polar surface area (TPSA) is 23.6 Å². The molecule has 1 heterocycles. The van der Waals surface area contributed by atoms with E-state index in [9.17, 15) is 35.5 Å². The standard InChI is InChI=1S/C30H29F7N2O/c1-19-17-22(31)13-14-23(19)25-18-39(27(30(35,36)37)21-11-7-4-8-12-21)16-15-24(25)28(40)38(2)26(29(32,33)34)20-9-5-3-6-10-20/h3-14,17,24-27H,15-16,18H2,1-2H3. The third kappa shape index (κ3) is 6.32. The fourth-order valence-corrected chi connectivity index (χ4v) is 5.78. The van der Waals surface area contributed by atoms with Crippen molar-refractivity contribution < 1.29 is 35.5 Å². The first-order valence-corrected chi connectivity index (χ1v) is 12.8. The van der Waals surface area contributed by atoms with Crippen molar-refractivity contribution in [3.05, 3.63) is 107 Å². The van der Waals surface area contributed by atoms with Crippen LogP contribution in [0.15, 0.2) is 78.9 Å². The molecule has 0 spiro atoms. The minimum atomic E-state index is -4.79. The van der Waals surface area contributed by atoms with Crippen molar-refractivity contribution in [2.75, 3.05) is 20.1 Å². The van der Waals surface area contributed by atoms with Gasteiger partial charge in [0.15, 0.2) is 6.04 Å². The summed E-state index contributed by atoms with van der Waals surface area (Å²) in [5.41, 5.74) is 0.729. The molecule has 0 radical (unpaired) electrons. The molecule has 0 aromatic heterocycles. The Kier molecular flexibility index (Phi) is 8.58. The minimum absolute atomic E-state index is 0.0210. The Morgan fingerprint density at radius 2 is 1.45 bits per heavy atom. The molecule has 40 heavy (non-hydrogen) atoms. The van der Waals surface area contributed by atoms with E-state index in [0.29, 0.717) is 16.0 Å². The number of nitrogens with zero attached hydrogens (tertiary/aromatic N) is 2. The number of halogens is 7. The van der Waals surface area contributed by atoms with Gasteiger partial charge >= 0.3 is 12.4 Å². The Morgan fingerprint density at radius 3 is 1.98 bits per heavy atom. The van der Waals surface area contributed by atoms with E-state index in [2.05, 4.69) is 0 Å². The van der Waals surface area contributed by atoms with E-state index < -0.39 is 48.0 Å². The van der Waals surface area contributed by atoms with Gasteiger partial charge in [-0.3, -0.25) is 9.69 Å². The molecular formula is C30H29F7N2O. The van der Waals surface area contributed by atoms with E-state index in [4.69, 9.17) is 0 Å². The van der Waals surface area contributed by atoms with Crippen LogP contribution in [-0.4, -0.2) is 48.2 Å². The lowest BCUT2D eigenvalue weighted by Gasteiger charge is -2.44. The predicted octanol–water partition coefficient (Wildman–Crippen LogP) is 7.61. The fraction of sp³-hybridized carbons (Fsp3) is 0.367. The average molecular weight is 567 g/mol. The Labute approximate surface area is 228 Å². The quantitative estimate of drug-likeness (QED) is 0.287. The van der Waals surface area contributed by atoms with Crippen molar-refractivity contribution in [3.63, 3.8) is 0 Å². The number of likely N-dealkylation sites (tertiary alicyclic amines) is 1. The number of hydrogen-bond donors (Lipinski definition) is 0. The molecule has 4 rings (SSSR count). The Hall–Kier alpha value is -3.40. The number of rotatable bonds is 6. The SMILES string of the molecule is Cc1cc(F)ccc1C1CN(C(c2ccccc2)C(F)(F)F)CCC1C(=O)N(C)C(c1ccccc1)C(F)(F)F. The van der Waals surface area contributed by atoms with Crippen molar-refractivity contribution in [2.45, 2.75) is 43.7 Å². The van der Waals surface area contributed by atoms with Gasteiger partial charge in [0.2, 0.25) is 5.91 Å². The second kappa shape index (κ2) is 11.6.